The minimum absolute atomic E-state index is 0.291. The quantitative estimate of drug-likeness (QED) is 0.0654. The second-order valence-electron chi connectivity index (χ2n) is 10.8. The third-order valence-corrected chi connectivity index (χ3v) is 8.44. The molecule has 1 aliphatic heterocycles. The molecule has 2 saturated carbocycles. The van der Waals surface area contributed by atoms with Crippen LogP contribution in [-0.2, 0) is 0 Å². The molecule has 2 heterocycles. The van der Waals surface area contributed by atoms with Crippen LogP contribution in [-0.4, -0.2) is 77.2 Å². The van der Waals surface area contributed by atoms with Crippen molar-refractivity contribution >= 4 is 40.7 Å². The van der Waals surface area contributed by atoms with Crippen molar-refractivity contribution in [2.75, 3.05) is 44.0 Å². The summed E-state index contributed by atoms with van der Waals surface area (Å²) in [6.45, 7) is 5.19. The average Bonchev–Trinajstić information content (AvgIpc) is 3.44. The van der Waals surface area contributed by atoms with Gasteiger partial charge in [-0.1, -0.05) is 17.5 Å². The number of rotatable bonds is 14. The summed E-state index contributed by atoms with van der Waals surface area (Å²) >= 11 is 11.7. The lowest BCUT2D eigenvalue weighted by Gasteiger charge is -2.28. The van der Waals surface area contributed by atoms with Crippen LogP contribution >= 0.6 is 23.2 Å². The minimum Gasteiger partial charge on any atom is -0.379 e. The lowest BCUT2D eigenvalue weighted by Crippen LogP contribution is -2.37. The van der Waals surface area contributed by atoms with Crippen LogP contribution in [0.2, 0.25) is 0 Å². The number of unbranched alkanes of at least 4 members (excludes halogenated alkanes) is 1. The number of aromatic nitrogens is 1. The molecule has 39 heavy (non-hydrogen) atoms. The number of alkyl halides is 1. The molecule has 0 aromatic carbocycles. The molecule has 0 amide bonds. The molecule has 0 radical (unpaired) electrons. The number of amidine groups is 2. The van der Waals surface area contributed by atoms with Gasteiger partial charge in [-0.3, -0.25) is 9.89 Å². The van der Waals surface area contributed by atoms with Crippen molar-refractivity contribution < 1.29 is 5.11 Å². The van der Waals surface area contributed by atoms with Crippen LogP contribution in [0.15, 0.2) is 33.4 Å². The first kappa shape index (κ1) is 29.8. The molecule has 214 valence electrons. The van der Waals surface area contributed by atoms with E-state index in [0.29, 0.717) is 48.7 Å². The van der Waals surface area contributed by atoms with Crippen LogP contribution in [0.1, 0.15) is 69.9 Å². The molecule has 0 spiro atoms. The first-order valence-corrected chi connectivity index (χ1v) is 15.2. The molecule has 2 fully saturated rings. The van der Waals surface area contributed by atoms with E-state index >= 15 is 0 Å². The van der Waals surface area contributed by atoms with Crippen molar-refractivity contribution in [2.24, 2.45) is 15.9 Å². The molecule has 1 aromatic heterocycles. The molecule has 2 aliphatic carbocycles. The van der Waals surface area contributed by atoms with Gasteiger partial charge in [0.1, 0.15) is 24.6 Å². The van der Waals surface area contributed by atoms with E-state index in [0.717, 1.165) is 56.9 Å². The summed E-state index contributed by atoms with van der Waals surface area (Å²) in [5.41, 5.74) is 1.19. The molecule has 8 nitrogen and oxygen atoms in total. The topological polar surface area (TPSA) is 89.2 Å². The van der Waals surface area contributed by atoms with Crippen molar-refractivity contribution in [1.82, 2.24) is 20.1 Å². The first-order valence-electron chi connectivity index (χ1n) is 14.3. The molecule has 3 atom stereocenters. The third kappa shape index (κ3) is 8.91. The van der Waals surface area contributed by atoms with Gasteiger partial charge < -0.3 is 25.6 Å². The standard InChI is InChI=1S/C29H43Cl2N7O/c1-3-13-32-27(33-14-11-23(31)18-30)6-4-5-15-37(21(2)39)19-22-7-10-25(17-22)38-16-12-26-28(36-24-8-9-24)34-20-35-29(26)38/h1,11-12,16,21-22,24-25,35,39H,4-10,13-15,17-20H2,2H3,(H,32,33)(H,34,36)/b23-11+/t21?,22?,25-/m0/s1. The zero-order chi connectivity index (χ0) is 27.6. The summed E-state index contributed by atoms with van der Waals surface area (Å²) in [6.07, 6.45) is 17.7. The van der Waals surface area contributed by atoms with E-state index in [2.05, 4.69) is 53.6 Å². The van der Waals surface area contributed by atoms with Gasteiger partial charge in [-0.25, -0.2) is 4.99 Å². The normalized spacial score (nSPS) is 22.2. The highest BCUT2D eigenvalue weighted by Gasteiger charge is 2.32. The number of nitrogens with zero attached hydrogens (tertiary/aromatic N) is 4. The van der Waals surface area contributed by atoms with E-state index < -0.39 is 6.23 Å². The molecule has 1 aromatic rings. The molecule has 0 bridgehead atoms. The second-order valence-corrected chi connectivity index (χ2v) is 11.5. The largest absolute Gasteiger partial charge is 0.379 e. The van der Waals surface area contributed by atoms with Crippen molar-refractivity contribution in [1.29, 1.82) is 0 Å². The van der Waals surface area contributed by atoms with E-state index in [1.807, 2.05) is 13.0 Å². The van der Waals surface area contributed by atoms with Crippen LogP contribution < -0.4 is 16.0 Å². The van der Waals surface area contributed by atoms with Crippen LogP contribution in [0.25, 0.3) is 0 Å². The molecule has 4 N–H and O–H groups in total. The van der Waals surface area contributed by atoms with Crippen molar-refractivity contribution in [3.8, 4) is 12.3 Å². The van der Waals surface area contributed by atoms with E-state index in [1.54, 1.807) is 0 Å². The first-order chi connectivity index (χ1) is 19.0. The number of aliphatic hydroxyl groups is 1. The van der Waals surface area contributed by atoms with Crippen LogP contribution in [0.3, 0.4) is 0 Å². The Kier molecular flexibility index (Phi) is 11.5. The van der Waals surface area contributed by atoms with Crippen LogP contribution in [0.4, 0.5) is 5.82 Å². The highest BCUT2D eigenvalue weighted by atomic mass is 35.5. The van der Waals surface area contributed by atoms with Gasteiger partial charge in [0.25, 0.3) is 0 Å². The lowest BCUT2D eigenvalue weighted by atomic mass is 10.1. The summed E-state index contributed by atoms with van der Waals surface area (Å²) in [7, 11) is 0. The Morgan fingerprint density at radius 3 is 2.97 bits per heavy atom. The van der Waals surface area contributed by atoms with Crippen molar-refractivity contribution in [3.63, 3.8) is 0 Å². The van der Waals surface area contributed by atoms with E-state index in [-0.39, 0.29) is 0 Å². The van der Waals surface area contributed by atoms with Crippen molar-refractivity contribution in [2.45, 2.75) is 76.6 Å². The smallest absolute Gasteiger partial charge is 0.134 e. The minimum atomic E-state index is -0.465. The highest BCUT2D eigenvalue weighted by molar-refractivity contribution is 6.35. The zero-order valence-corrected chi connectivity index (χ0v) is 24.5. The zero-order valence-electron chi connectivity index (χ0n) is 23.0. The lowest BCUT2D eigenvalue weighted by molar-refractivity contribution is 0.00739. The van der Waals surface area contributed by atoms with E-state index in [4.69, 9.17) is 29.6 Å². The number of fused-ring (bicyclic) bond motifs is 1. The molecule has 0 saturated heterocycles. The Bertz CT molecular complexity index is 1070. The Morgan fingerprint density at radius 1 is 1.38 bits per heavy atom. The molecule has 2 unspecified atom stereocenters. The summed E-state index contributed by atoms with van der Waals surface area (Å²) < 4.78 is 2.42. The van der Waals surface area contributed by atoms with E-state index in [1.165, 1.54) is 30.6 Å². The van der Waals surface area contributed by atoms with Gasteiger partial charge >= 0.3 is 0 Å². The van der Waals surface area contributed by atoms with Gasteiger partial charge in [-0.15, -0.1) is 18.0 Å². The molecular formula is C29H43Cl2N7O. The molecular weight excluding hydrogens is 533 g/mol. The number of allylic oxidation sites excluding steroid dienone is 1. The predicted octanol–water partition coefficient (Wildman–Crippen LogP) is 4.50. The maximum Gasteiger partial charge on any atom is 0.134 e. The van der Waals surface area contributed by atoms with Gasteiger partial charge in [0.15, 0.2) is 0 Å². The summed E-state index contributed by atoms with van der Waals surface area (Å²) in [5.74, 6) is 6.58. The number of halogens is 2. The second kappa shape index (κ2) is 15.0. The molecule has 10 heteroatoms. The maximum atomic E-state index is 10.5. The number of terminal acetylenes is 1. The van der Waals surface area contributed by atoms with Gasteiger partial charge in [-0.05, 0) is 69.9 Å². The number of aliphatic hydroxyl groups excluding tert-OH is 1. The van der Waals surface area contributed by atoms with Gasteiger partial charge in [-0.2, -0.15) is 0 Å². The number of anilines is 1. The number of aliphatic imine (C=N–C) groups is 2. The summed E-state index contributed by atoms with van der Waals surface area (Å²) in [6, 6.07) is 3.27. The Hall–Kier alpha value is -2.18. The monoisotopic (exact) mass is 575 g/mol. The summed E-state index contributed by atoms with van der Waals surface area (Å²) in [4.78, 5) is 11.5. The SMILES string of the molecule is C#CCNC(CCCCN(CC1CC[C@H](n2ccc3c2NCN=C3NC2CC2)C1)C(C)O)=NC/C=C(/Cl)CCl. The Morgan fingerprint density at radius 2 is 2.23 bits per heavy atom. The number of hydrogen-bond acceptors (Lipinski definition) is 6. The fourth-order valence-corrected chi connectivity index (χ4v) is 5.65. The average molecular weight is 577 g/mol. The number of nitrogens with one attached hydrogen (secondary N) is 3. The Balaban J connectivity index is 1.24. The van der Waals surface area contributed by atoms with Gasteiger partial charge in [0, 0.05) is 42.8 Å². The highest BCUT2D eigenvalue weighted by Crippen LogP contribution is 2.39. The number of hydrogen-bond donors (Lipinski definition) is 4. The fourth-order valence-electron chi connectivity index (χ4n) is 5.47. The van der Waals surface area contributed by atoms with Crippen LogP contribution in [0.5, 0.6) is 0 Å². The molecule has 4 rings (SSSR count). The summed E-state index contributed by atoms with van der Waals surface area (Å²) in [5, 5.41) is 21.4. The Labute approximate surface area is 243 Å². The van der Waals surface area contributed by atoms with Crippen molar-refractivity contribution in [3.05, 3.63) is 28.9 Å². The predicted molar refractivity (Wildman–Crippen MR) is 163 cm³/mol. The van der Waals surface area contributed by atoms with Gasteiger partial charge in [0.2, 0.25) is 0 Å². The van der Waals surface area contributed by atoms with E-state index in [9.17, 15) is 5.11 Å². The third-order valence-electron chi connectivity index (χ3n) is 7.73. The van der Waals surface area contributed by atoms with Gasteiger partial charge in [0.05, 0.1) is 30.4 Å². The maximum absolute atomic E-state index is 10.5. The fraction of sp³-hybridized carbons (Fsp3) is 0.655. The molecule has 3 aliphatic rings. The van der Waals surface area contributed by atoms with Crippen LogP contribution in [0, 0.1) is 18.3 Å².